The summed E-state index contributed by atoms with van der Waals surface area (Å²) in [6.07, 6.45) is -0.686. The van der Waals surface area contributed by atoms with Crippen LogP contribution in [0.15, 0.2) is 71.2 Å². The first kappa shape index (κ1) is 29.7. The average molecular weight is 574 g/mol. The monoisotopic (exact) mass is 573 g/mol. The number of rotatable bonds is 4. The summed E-state index contributed by atoms with van der Waals surface area (Å²) in [5, 5.41) is 13.0. The van der Waals surface area contributed by atoms with Crippen LogP contribution in [0.5, 0.6) is 0 Å². The first-order chi connectivity index (χ1) is 19.9. The largest absolute Gasteiger partial charge is 0.466 e. The number of ether oxygens (including phenoxy) is 3. The van der Waals surface area contributed by atoms with Gasteiger partial charge >= 0.3 is 18.0 Å². The van der Waals surface area contributed by atoms with Gasteiger partial charge in [-0.25, -0.2) is 14.4 Å². The van der Waals surface area contributed by atoms with Gasteiger partial charge in [0.25, 0.3) is 0 Å². The van der Waals surface area contributed by atoms with Crippen LogP contribution in [0.25, 0.3) is 0 Å². The Morgan fingerprint density at radius 1 is 1.02 bits per heavy atom. The van der Waals surface area contributed by atoms with E-state index in [0.29, 0.717) is 16.8 Å². The second kappa shape index (κ2) is 11.7. The molecule has 0 fully saturated rings. The first-order valence-electron chi connectivity index (χ1n) is 13.0. The Morgan fingerprint density at radius 2 is 1.69 bits per heavy atom. The van der Waals surface area contributed by atoms with Gasteiger partial charge in [0, 0.05) is 11.4 Å². The van der Waals surface area contributed by atoms with Crippen LogP contribution in [0.1, 0.15) is 37.8 Å². The number of allylic oxidation sites excluding steroid dienone is 1. The van der Waals surface area contributed by atoms with Gasteiger partial charge in [0.05, 0.1) is 43.9 Å². The summed E-state index contributed by atoms with van der Waals surface area (Å²) >= 11 is 0. The minimum absolute atomic E-state index is 0.00730. The van der Waals surface area contributed by atoms with Gasteiger partial charge in [0.1, 0.15) is 23.7 Å². The number of carbonyl (C=O) groups is 4. The van der Waals surface area contributed by atoms with Crippen molar-refractivity contribution in [3.8, 4) is 6.07 Å². The molecule has 42 heavy (non-hydrogen) atoms. The topological polar surface area (TPSA) is 164 Å². The van der Waals surface area contributed by atoms with Crippen LogP contribution in [-0.4, -0.2) is 55.2 Å². The zero-order valence-corrected chi connectivity index (χ0v) is 23.9. The molecule has 2 aromatic carbocycles. The van der Waals surface area contributed by atoms with Crippen LogP contribution in [0.4, 0.5) is 16.2 Å². The second-order valence-electron chi connectivity index (χ2n) is 10.6. The van der Waals surface area contributed by atoms with Crippen LogP contribution < -0.4 is 16.0 Å². The lowest BCUT2D eigenvalue weighted by atomic mass is 9.81. The zero-order valence-electron chi connectivity index (χ0n) is 23.9. The highest BCUT2D eigenvalue weighted by molar-refractivity contribution is 6.06. The van der Waals surface area contributed by atoms with Gasteiger partial charge in [-0.05, 0) is 50.1 Å². The lowest BCUT2D eigenvalue weighted by Crippen LogP contribution is -2.41. The van der Waals surface area contributed by atoms with E-state index in [9.17, 15) is 24.4 Å². The van der Waals surface area contributed by atoms with E-state index in [1.807, 2.05) is 0 Å². The van der Waals surface area contributed by atoms with E-state index in [1.54, 1.807) is 69.3 Å². The molecular formula is C30H31N5O7. The number of methoxy groups -OCH3 is 2. The van der Waals surface area contributed by atoms with E-state index < -0.39 is 35.5 Å². The molecule has 2 heterocycles. The van der Waals surface area contributed by atoms with Gasteiger partial charge in [-0.3, -0.25) is 14.6 Å². The maximum absolute atomic E-state index is 13.3. The van der Waals surface area contributed by atoms with E-state index in [-0.39, 0.29) is 41.4 Å². The maximum Gasteiger partial charge on any atom is 0.411 e. The fourth-order valence-electron chi connectivity index (χ4n) is 4.83. The lowest BCUT2D eigenvalue weighted by Gasteiger charge is -2.36. The normalized spacial score (nSPS) is 17.0. The molecule has 1 atom stereocenters. The van der Waals surface area contributed by atoms with Crippen molar-refractivity contribution >= 4 is 35.3 Å². The van der Waals surface area contributed by atoms with E-state index >= 15 is 0 Å². The average Bonchev–Trinajstić information content (AvgIpc) is 3.12. The summed E-state index contributed by atoms with van der Waals surface area (Å²) in [5.41, 5.74) is 7.16. The number of nitrogens with one attached hydrogen (secondary N) is 1. The predicted octanol–water partition coefficient (Wildman–Crippen LogP) is 3.27. The van der Waals surface area contributed by atoms with Gasteiger partial charge in [-0.15, -0.1) is 0 Å². The fourth-order valence-corrected chi connectivity index (χ4v) is 4.83. The molecule has 3 N–H and O–H groups in total. The van der Waals surface area contributed by atoms with E-state index in [1.165, 1.54) is 16.9 Å². The summed E-state index contributed by atoms with van der Waals surface area (Å²) in [6, 6.07) is 15.5. The number of amides is 2. The molecule has 12 heteroatoms. The SMILES string of the molecule is COC(=O)C1=C(C(=O)OC)N(c2ccc3c(c2)CN(C(=O)OC(C)(C)C)CC(=O)N3)C(N)=C(C#N)C1c1ccccc1. The number of hydrogen-bond acceptors (Lipinski definition) is 10. The Bertz CT molecular complexity index is 1550. The molecule has 0 radical (unpaired) electrons. The number of carbonyl (C=O) groups excluding carboxylic acids is 4. The van der Waals surface area contributed by atoms with Gasteiger partial charge in [-0.1, -0.05) is 30.3 Å². The van der Waals surface area contributed by atoms with Gasteiger partial charge in [-0.2, -0.15) is 5.26 Å². The van der Waals surface area contributed by atoms with Gasteiger partial charge < -0.3 is 25.3 Å². The number of benzene rings is 2. The first-order valence-corrected chi connectivity index (χ1v) is 13.0. The van der Waals surface area contributed by atoms with Crippen molar-refractivity contribution in [3.05, 3.63) is 82.3 Å². The Labute approximate surface area is 242 Å². The fraction of sp³-hybridized carbons (Fsp3) is 0.300. The minimum Gasteiger partial charge on any atom is -0.466 e. The summed E-state index contributed by atoms with van der Waals surface area (Å²) in [5.74, 6) is -3.30. The van der Waals surface area contributed by atoms with E-state index in [0.717, 1.165) is 7.11 Å². The molecule has 218 valence electrons. The van der Waals surface area contributed by atoms with E-state index in [4.69, 9.17) is 19.9 Å². The van der Waals surface area contributed by atoms with Crippen molar-refractivity contribution in [1.29, 1.82) is 5.26 Å². The molecule has 0 saturated heterocycles. The van der Waals surface area contributed by atoms with Crippen molar-refractivity contribution in [3.63, 3.8) is 0 Å². The standard InChI is InChI=1S/C30H31N5O7/c1-30(2,3)42-29(39)34-15-18-13-19(11-12-21(18)33-22(36)16-34)35-25(28(38)41-5)24(27(37)40-4)23(20(14-31)26(35)32)17-9-7-6-8-10-17/h6-13,23H,15-16,32H2,1-5H3,(H,33,36). The quantitative estimate of drug-likeness (QED) is 0.410. The van der Waals surface area contributed by atoms with Gasteiger partial charge in [0.2, 0.25) is 5.91 Å². The van der Waals surface area contributed by atoms with Crippen molar-refractivity contribution in [2.45, 2.75) is 38.8 Å². The Morgan fingerprint density at radius 3 is 2.29 bits per heavy atom. The number of esters is 2. The molecule has 2 amide bonds. The molecule has 0 saturated carbocycles. The molecule has 4 rings (SSSR count). The van der Waals surface area contributed by atoms with Crippen molar-refractivity contribution < 1.29 is 33.4 Å². The van der Waals surface area contributed by atoms with Crippen molar-refractivity contribution in [2.24, 2.45) is 5.73 Å². The molecule has 0 aromatic heterocycles. The Balaban J connectivity index is 1.92. The van der Waals surface area contributed by atoms with Crippen LogP contribution >= 0.6 is 0 Å². The molecule has 0 bridgehead atoms. The third-order valence-corrected chi connectivity index (χ3v) is 6.58. The van der Waals surface area contributed by atoms with E-state index in [2.05, 4.69) is 11.4 Å². The lowest BCUT2D eigenvalue weighted by molar-refractivity contribution is -0.139. The third-order valence-electron chi connectivity index (χ3n) is 6.58. The molecule has 12 nitrogen and oxygen atoms in total. The Kier molecular flexibility index (Phi) is 8.24. The van der Waals surface area contributed by atoms with Crippen LogP contribution in [0.3, 0.4) is 0 Å². The highest BCUT2D eigenvalue weighted by Gasteiger charge is 2.43. The zero-order chi connectivity index (χ0) is 30.8. The molecule has 1 unspecified atom stereocenters. The summed E-state index contributed by atoms with van der Waals surface area (Å²) in [6.45, 7) is 4.88. The molecular weight excluding hydrogens is 542 g/mol. The maximum atomic E-state index is 13.3. The predicted molar refractivity (Wildman–Crippen MR) is 151 cm³/mol. The summed E-state index contributed by atoms with van der Waals surface area (Å²) in [7, 11) is 2.32. The smallest absolute Gasteiger partial charge is 0.411 e. The molecule has 2 aliphatic heterocycles. The highest BCUT2D eigenvalue weighted by atomic mass is 16.6. The summed E-state index contributed by atoms with van der Waals surface area (Å²) < 4.78 is 15.6. The highest BCUT2D eigenvalue weighted by Crippen LogP contribution is 2.43. The minimum atomic E-state index is -1.02. The van der Waals surface area contributed by atoms with Crippen molar-refractivity contribution in [2.75, 3.05) is 31.0 Å². The molecule has 0 aliphatic carbocycles. The second-order valence-corrected chi connectivity index (χ2v) is 10.6. The number of nitrogens with zero attached hydrogens (tertiary/aromatic N) is 3. The van der Waals surface area contributed by atoms with Crippen molar-refractivity contribution in [1.82, 2.24) is 4.90 Å². The number of nitrogens with two attached hydrogens (primary N) is 1. The van der Waals surface area contributed by atoms with Gasteiger partial charge in [0.15, 0.2) is 0 Å². The van der Waals surface area contributed by atoms with Crippen LogP contribution in [0, 0.1) is 11.3 Å². The number of hydrogen-bond donors (Lipinski definition) is 2. The number of nitriles is 1. The molecule has 2 aliphatic rings. The molecule has 0 spiro atoms. The number of fused-ring (bicyclic) bond motifs is 1. The van der Waals surface area contributed by atoms with Crippen LogP contribution in [0.2, 0.25) is 0 Å². The van der Waals surface area contributed by atoms with Crippen LogP contribution in [-0.2, 0) is 35.1 Å². The summed E-state index contributed by atoms with van der Waals surface area (Å²) in [4.78, 5) is 54.6. The third kappa shape index (κ3) is 5.76. The number of anilines is 2. The Hall–Kier alpha value is -5.31. The molecule has 2 aromatic rings.